The maximum atomic E-state index is 4.17. The van der Waals surface area contributed by atoms with Gasteiger partial charge in [0.05, 0.1) is 9.98 Å². The lowest BCUT2D eigenvalue weighted by molar-refractivity contribution is 0.939. The van der Waals surface area contributed by atoms with Gasteiger partial charge in [0, 0.05) is 0 Å². The van der Waals surface area contributed by atoms with Crippen molar-refractivity contribution in [3.63, 3.8) is 0 Å². The van der Waals surface area contributed by atoms with Crippen molar-refractivity contribution in [2.24, 2.45) is 0 Å². The van der Waals surface area contributed by atoms with Gasteiger partial charge in [0.15, 0.2) is 0 Å². The first-order chi connectivity index (χ1) is 4.75. The number of aryl methyl sites for hydroxylation is 1. The first-order valence-corrected chi connectivity index (χ1v) is 4.35. The molecule has 0 unspecified atom stereocenters. The van der Waals surface area contributed by atoms with Gasteiger partial charge in [-0.2, -0.15) is 5.10 Å². The highest BCUT2D eigenvalue weighted by Gasteiger charge is 2.01. The van der Waals surface area contributed by atoms with E-state index in [-0.39, 0.29) is 0 Å². The van der Waals surface area contributed by atoms with E-state index in [1.165, 1.54) is 0 Å². The molecule has 0 saturated carbocycles. The number of hydrogen-bond donors (Lipinski definition) is 0. The molecule has 52 valence electrons. The molecule has 0 aliphatic heterocycles. The van der Waals surface area contributed by atoms with E-state index in [0.717, 1.165) is 14.6 Å². The predicted octanol–water partition coefficient (Wildman–Crippen LogP) is 1.86. The van der Waals surface area contributed by atoms with Crippen molar-refractivity contribution in [2.45, 2.75) is 6.92 Å². The van der Waals surface area contributed by atoms with E-state index in [1.807, 2.05) is 13.1 Å². The van der Waals surface area contributed by atoms with Crippen LogP contribution in [0.2, 0.25) is 0 Å². The van der Waals surface area contributed by atoms with E-state index in [2.05, 4.69) is 26.0 Å². The van der Waals surface area contributed by atoms with Crippen LogP contribution in [0.1, 0.15) is 5.82 Å². The van der Waals surface area contributed by atoms with Gasteiger partial charge < -0.3 is 0 Å². The smallest absolute Gasteiger partial charge is 0.210 e. The summed E-state index contributed by atoms with van der Waals surface area (Å²) < 4.78 is 2.83. The molecule has 0 aliphatic carbocycles. The molecule has 3 nitrogen and oxygen atoms in total. The lowest BCUT2D eigenvalue weighted by atomic mass is 10.8. The molecule has 0 aromatic carbocycles. The third-order valence-electron chi connectivity index (χ3n) is 1.12. The normalized spacial score (nSPS) is 11.0. The minimum atomic E-state index is 0.818. The molecule has 10 heavy (non-hydrogen) atoms. The van der Waals surface area contributed by atoms with E-state index in [0.29, 0.717) is 0 Å². The summed E-state index contributed by atoms with van der Waals surface area (Å²) in [7, 11) is 0. The lowest BCUT2D eigenvalue weighted by Crippen LogP contribution is -1.78. The van der Waals surface area contributed by atoms with Crippen LogP contribution in [0.4, 0.5) is 0 Å². The molecule has 0 amide bonds. The maximum absolute atomic E-state index is 4.17. The van der Waals surface area contributed by atoms with Crippen molar-refractivity contribution >= 4 is 32.2 Å². The molecule has 0 bridgehead atoms. The molecule has 0 fully saturated rings. The Morgan fingerprint density at radius 2 is 2.50 bits per heavy atom. The predicted molar refractivity (Wildman–Crippen MR) is 43.3 cm³/mol. The second kappa shape index (κ2) is 2.03. The summed E-state index contributed by atoms with van der Waals surface area (Å²) in [6.45, 7) is 1.88. The number of halogens is 1. The van der Waals surface area contributed by atoms with Crippen molar-refractivity contribution < 1.29 is 0 Å². The number of thiazole rings is 1. The lowest BCUT2D eigenvalue weighted by Gasteiger charge is -1.73. The fourth-order valence-corrected chi connectivity index (χ4v) is 2.09. The van der Waals surface area contributed by atoms with E-state index >= 15 is 0 Å². The van der Waals surface area contributed by atoms with Crippen molar-refractivity contribution in [2.75, 3.05) is 0 Å². The Labute approximate surface area is 69.8 Å². The third kappa shape index (κ3) is 0.856. The van der Waals surface area contributed by atoms with Gasteiger partial charge in [-0.1, -0.05) is 11.3 Å². The van der Waals surface area contributed by atoms with Crippen LogP contribution in [0, 0.1) is 6.92 Å². The fraction of sp³-hybridized carbons (Fsp3) is 0.200. The average Bonchev–Trinajstić information content (AvgIpc) is 2.21. The number of fused-ring (bicyclic) bond motifs is 1. The summed E-state index contributed by atoms with van der Waals surface area (Å²) in [6.07, 6.45) is 1.90. The number of nitrogens with zero attached hydrogens (tertiary/aromatic N) is 3. The first-order valence-electron chi connectivity index (χ1n) is 2.74. The highest BCUT2D eigenvalue weighted by atomic mass is 79.9. The number of hydrogen-bond acceptors (Lipinski definition) is 3. The Balaban J connectivity index is 2.83. The van der Waals surface area contributed by atoms with E-state index in [1.54, 1.807) is 15.9 Å². The summed E-state index contributed by atoms with van der Waals surface area (Å²) in [4.78, 5) is 5.11. The number of aromatic nitrogens is 3. The molecule has 2 rings (SSSR count). The van der Waals surface area contributed by atoms with Crippen molar-refractivity contribution in [1.29, 1.82) is 0 Å². The molecule has 2 heterocycles. The highest BCUT2D eigenvalue weighted by Crippen LogP contribution is 2.20. The van der Waals surface area contributed by atoms with Gasteiger partial charge in [-0.25, -0.2) is 9.50 Å². The van der Waals surface area contributed by atoms with Crippen molar-refractivity contribution in [3.05, 3.63) is 15.8 Å². The second-order valence-corrected chi connectivity index (χ2v) is 4.31. The molecule has 5 heteroatoms. The quantitative estimate of drug-likeness (QED) is 0.675. The van der Waals surface area contributed by atoms with Crippen LogP contribution in [-0.2, 0) is 0 Å². The molecular weight excluding hydrogens is 214 g/mol. The molecule has 0 aliphatic rings. The van der Waals surface area contributed by atoms with Crippen LogP contribution >= 0.6 is 27.3 Å². The topological polar surface area (TPSA) is 30.2 Å². The Bertz CT molecular complexity index is 301. The molecule has 0 atom stereocenters. The third-order valence-corrected chi connectivity index (χ3v) is 2.57. The van der Waals surface area contributed by atoms with Crippen LogP contribution in [-0.4, -0.2) is 14.6 Å². The number of rotatable bonds is 0. The molecule has 0 radical (unpaired) electrons. The molecule has 0 saturated heterocycles. The highest BCUT2D eigenvalue weighted by molar-refractivity contribution is 9.11. The summed E-state index contributed by atoms with van der Waals surface area (Å²) >= 11 is 4.92. The SMILES string of the molecule is Cc1nc2sc(Br)cn2n1. The average molecular weight is 218 g/mol. The Hall–Kier alpha value is -0.420. The van der Waals surface area contributed by atoms with E-state index in [9.17, 15) is 0 Å². The maximum Gasteiger partial charge on any atom is 0.213 e. The Kier molecular flexibility index (Phi) is 1.28. The summed E-state index contributed by atoms with van der Waals surface area (Å²) in [5.74, 6) is 0.818. The minimum Gasteiger partial charge on any atom is -0.210 e. The zero-order valence-corrected chi connectivity index (χ0v) is 7.61. The second-order valence-electron chi connectivity index (χ2n) is 1.92. The molecule has 2 aromatic heterocycles. The van der Waals surface area contributed by atoms with Crippen molar-refractivity contribution in [3.8, 4) is 0 Å². The monoisotopic (exact) mass is 217 g/mol. The fourth-order valence-electron chi connectivity index (χ4n) is 0.774. The van der Waals surface area contributed by atoms with Crippen LogP contribution in [0.15, 0.2) is 9.98 Å². The van der Waals surface area contributed by atoms with Crippen LogP contribution in [0.3, 0.4) is 0 Å². The van der Waals surface area contributed by atoms with Gasteiger partial charge in [-0.05, 0) is 22.9 Å². The zero-order valence-electron chi connectivity index (χ0n) is 5.21. The van der Waals surface area contributed by atoms with Gasteiger partial charge >= 0.3 is 0 Å². The van der Waals surface area contributed by atoms with Gasteiger partial charge in [-0.15, -0.1) is 0 Å². The van der Waals surface area contributed by atoms with E-state index in [4.69, 9.17) is 0 Å². The van der Waals surface area contributed by atoms with Crippen molar-refractivity contribution in [1.82, 2.24) is 14.6 Å². The van der Waals surface area contributed by atoms with Crippen LogP contribution in [0.25, 0.3) is 4.96 Å². The largest absolute Gasteiger partial charge is 0.213 e. The van der Waals surface area contributed by atoms with Gasteiger partial charge in [0.25, 0.3) is 0 Å². The Morgan fingerprint density at radius 1 is 1.70 bits per heavy atom. The minimum absolute atomic E-state index is 0.818. The standard InChI is InChI=1S/C5H4BrN3S/c1-3-7-5-9(8-3)2-4(6)10-5/h2H,1H3. The first kappa shape index (κ1) is 6.30. The van der Waals surface area contributed by atoms with Gasteiger partial charge in [-0.3, -0.25) is 0 Å². The summed E-state index contributed by atoms with van der Waals surface area (Å²) in [5.41, 5.74) is 0. The van der Waals surface area contributed by atoms with Crippen LogP contribution < -0.4 is 0 Å². The molecule has 0 N–H and O–H groups in total. The Morgan fingerprint density at radius 3 is 3.20 bits per heavy atom. The summed E-state index contributed by atoms with van der Waals surface area (Å²) in [6, 6.07) is 0. The van der Waals surface area contributed by atoms with Crippen LogP contribution in [0.5, 0.6) is 0 Å². The van der Waals surface area contributed by atoms with Gasteiger partial charge in [0.2, 0.25) is 4.96 Å². The summed E-state index contributed by atoms with van der Waals surface area (Å²) in [5, 5.41) is 4.12. The van der Waals surface area contributed by atoms with Gasteiger partial charge in [0.1, 0.15) is 5.82 Å². The molecule has 0 spiro atoms. The van der Waals surface area contributed by atoms with E-state index < -0.39 is 0 Å². The molecule has 2 aromatic rings. The zero-order chi connectivity index (χ0) is 7.14. The molecular formula is C5H4BrN3S.